The molecule has 0 aromatic carbocycles. The highest BCUT2D eigenvalue weighted by Crippen LogP contribution is 2.16. The fourth-order valence-corrected chi connectivity index (χ4v) is 6.63. The molecule has 0 fully saturated rings. The Kier molecular flexibility index (Phi) is 41.3. The Balaban J connectivity index is 4.74. The Bertz CT molecular complexity index is 1060. The number of hydrogen-bond acceptors (Lipinski definition) is 5. The summed E-state index contributed by atoms with van der Waals surface area (Å²) in [6, 6.07) is -0.727. The summed E-state index contributed by atoms with van der Waals surface area (Å²) in [6.07, 6.45) is 53.9. The van der Waals surface area contributed by atoms with E-state index in [1.165, 1.54) is 96.3 Å². The number of amides is 1. The van der Waals surface area contributed by atoms with Gasteiger partial charge in [-0.3, -0.25) is 9.59 Å². The van der Waals surface area contributed by atoms with E-state index in [9.17, 15) is 19.8 Å². The molecule has 6 heteroatoms. The van der Waals surface area contributed by atoms with E-state index in [0.29, 0.717) is 19.3 Å². The van der Waals surface area contributed by atoms with Crippen molar-refractivity contribution in [2.45, 2.75) is 225 Å². The second kappa shape index (κ2) is 43.4. The number of carbonyl (C=O) groups excluding carboxylic acids is 2. The van der Waals surface area contributed by atoms with Crippen molar-refractivity contribution in [3.05, 3.63) is 72.9 Å². The van der Waals surface area contributed by atoms with Crippen molar-refractivity contribution >= 4 is 11.9 Å². The van der Waals surface area contributed by atoms with Crippen LogP contribution in [0.3, 0.4) is 0 Å². The monoisotopic (exact) mass is 782 g/mol. The Labute approximate surface area is 345 Å². The molecule has 0 aliphatic heterocycles. The molecule has 322 valence electrons. The van der Waals surface area contributed by atoms with E-state index < -0.39 is 18.2 Å². The molecule has 56 heavy (non-hydrogen) atoms. The summed E-state index contributed by atoms with van der Waals surface area (Å²) >= 11 is 0. The number of rotatable bonds is 40. The first-order valence-corrected chi connectivity index (χ1v) is 23.2. The molecule has 0 aliphatic carbocycles. The zero-order valence-corrected chi connectivity index (χ0v) is 36.5. The predicted molar refractivity (Wildman–Crippen MR) is 241 cm³/mol. The van der Waals surface area contributed by atoms with Gasteiger partial charge in [0.15, 0.2) is 0 Å². The lowest BCUT2D eigenvalue weighted by Crippen LogP contribution is -2.46. The van der Waals surface area contributed by atoms with Gasteiger partial charge < -0.3 is 20.3 Å². The standard InChI is InChI=1S/C50H87NO5/c1-4-7-10-13-16-19-22-25-26-29-32-35-38-41-46(56-50(55)43-40-37-34-31-28-24-21-18-15-12-9-6-3)44-49(54)51-47(45-52)48(53)42-39-36-33-30-27-23-20-17-14-11-8-5-2/h7,10,13,16,18-19,21-22,25-26,29,32,46-48,52-53H,4-6,8-9,11-12,14-15,17,20,23-24,27-28,30-31,33-45H2,1-3H3,(H,51,54)/b10-7+,16-13+,21-18-,22-19-,26-25-,32-29+. The second-order valence-corrected chi connectivity index (χ2v) is 15.5. The molecular formula is C50H87NO5. The van der Waals surface area contributed by atoms with Gasteiger partial charge in [-0.25, -0.2) is 0 Å². The summed E-state index contributed by atoms with van der Waals surface area (Å²) in [5.74, 6) is -0.562. The van der Waals surface area contributed by atoms with Crippen LogP contribution >= 0.6 is 0 Å². The largest absolute Gasteiger partial charge is 0.462 e. The van der Waals surface area contributed by atoms with E-state index in [-0.39, 0.29) is 24.9 Å². The molecule has 0 aromatic rings. The number of unbranched alkanes of at least 4 members (excludes halogenated alkanes) is 20. The lowest BCUT2D eigenvalue weighted by molar-refractivity contribution is -0.151. The second-order valence-electron chi connectivity index (χ2n) is 15.5. The smallest absolute Gasteiger partial charge is 0.306 e. The number of aliphatic hydroxyl groups is 2. The first kappa shape index (κ1) is 53.3. The number of carbonyl (C=O) groups is 2. The molecule has 3 N–H and O–H groups in total. The van der Waals surface area contributed by atoms with Gasteiger partial charge in [0, 0.05) is 6.42 Å². The third-order valence-electron chi connectivity index (χ3n) is 10.1. The molecule has 0 rings (SSSR count). The molecule has 0 aromatic heterocycles. The van der Waals surface area contributed by atoms with Crippen LogP contribution in [0.1, 0.15) is 207 Å². The van der Waals surface area contributed by atoms with Gasteiger partial charge in [-0.1, -0.05) is 203 Å². The van der Waals surface area contributed by atoms with Gasteiger partial charge in [0.05, 0.1) is 25.2 Å². The Morgan fingerprint density at radius 2 is 1.00 bits per heavy atom. The molecular weight excluding hydrogens is 695 g/mol. The number of ether oxygens (including phenoxy) is 1. The van der Waals surface area contributed by atoms with Crippen LogP contribution in [0.2, 0.25) is 0 Å². The Morgan fingerprint density at radius 1 is 0.536 bits per heavy atom. The predicted octanol–water partition coefficient (Wildman–Crippen LogP) is 13.4. The van der Waals surface area contributed by atoms with Gasteiger partial charge in [-0.2, -0.15) is 0 Å². The van der Waals surface area contributed by atoms with Crippen molar-refractivity contribution in [1.82, 2.24) is 5.32 Å². The molecule has 3 atom stereocenters. The van der Waals surface area contributed by atoms with Crippen molar-refractivity contribution in [3.8, 4) is 0 Å². The molecule has 0 bridgehead atoms. The first-order valence-electron chi connectivity index (χ1n) is 23.2. The molecule has 0 aliphatic rings. The number of hydrogen-bond donors (Lipinski definition) is 3. The van der Waals surface area contributed by atoms with Crippen molar-refractivity contribution < 1.29 is 24.5 Å². The maximum Gasteiger partial charge on any atom is 0.306 e. The Hall–Kier alpha value is -2.70. The third kappa shape index (κ3) is 38.2. The van der Waals surface area contributed by atoms with Crippen molar-refractivity contribution in [2.75, 3.05) is 6.61 Å². The molecule has 0 heterocycles. The van der Waals surface area contributed by atoms with E-state index in [2.05, 4.69) is 50.4 Å². The van der Waals surface area contributed by atoms with Gasteiger partial charge in [0.1, 0.15) is 6.10 Å². The molecule has 0 saturated heterocycles. The van der Waals surface area contributed by atoms with Crippen LogP contribution in [0.5, 0.6) is 0 Å². The molecule has 0 saturated carbocycles. The minimum Gasteiger partial charge on any atom is -0.462 e. The number of nitrogens with one attached hydrogen (secondary N) is 1. The maximum atomic E-state index is 13.1. The summed E-state index contributed by atoms with van der Waals surface area (Å²) in [5.41, 5.74) is 0. The zero-order valence-electron chi connectivity index (χ0n) is 36.5. The van der Waals surface area contributed by atoms with E-state index in [1.54, 1.807) is 0 Å². The highest BCUT2D eigenvalue weighted by Gasteiger charge is 2.24. The van der Waals surface area contributed by atoms with Crippen LogP contribution in [0.15, 0.2) is 72.9 Å². The van der Waals surface area contributed by atoms with Crippen LogP contribution in [-0.2, 0) is 14.3 Å². The summed E-state index contributed by atoms with van der Waals surface area (Å²) in [6.45, 7) is 6.27. The molecule has 1 amide bonds. The van der Waals surface area contributed by atoms with E-state index >= 15 is 0 Å². The van der Waals surface area contributed by atoms with E-state index in [1.807, 2.05) is 48.6 Å². The van der Waals surface area contributed by atoms with Crippen LogP contribution in [0, 0.1) is 0 Å². The number of aliphatic hydroxyl groups excluding tert-OH is 2. The van der Waals surface area contributed by atoms with Crippen LogP contribution in [0.4, 0.5) is 0 Å². The van der Waals surface area contributed by atoms with Crippen LogP contribution in [0.25, 0.3) is 0 Å². The number of esters is 1. The van der Waals surface area contributed by atoms with Gasteiger partial charge in [-0.05, 0) is 64.2 Å². The average Bonchev–Trinajstić information content (AvgIpc) is 3.19. The quantitative estimate of drug-likeness (QED) is 0.0249. The van der Waals surface area contributed by atoms with Crippen LogP contribution < -0.4 is 5.32 Å². The molecule has 6 nitrogen and oxygen atoms in total. The lowest BCUT2D eigenvalue weighted by Gasteiger charge is -2.24. The third-order valence-corrected chi connectivity index (χ3v) is 10.1. The molecule has 0 radical (unpaired) electrons. The van der Waals surface area contributed by atoms with Crippen molar-refractivity contribution in [3.63, 3.8) is 0 Å². The topological polar surface area (TPSA) is 95.9 Å². The first-order chi connectivity index (χ1) is 27.5. The highest BCUT2D eigenvalue weighted by atomic mass is 16.5. The highest BCUT2D eigenvalue weighted by molar-refractivity contribution is 5.77. The minimum absolute atomic E-state index is 0.0227. The van der Waals surface area contributed by atoms with Gasteiger partial charge in [-0.15, -0.1) is 0 Å². The van der Waals surface area contributed by atoms with Crippen molar-refractivity contribution in [1.29, 1.82) is 0 Å². The number of allylic oxidation sites excluding steroid dienone is 12. The van der Waals surface area contributed by atoms with Gasteiger partial charge in [0.25, 0.3) is 0 Å². The van der Waals surface area contributed by atoms with Gasteiger partial charge >= 0.3 is 5.97 Å². The summed E-state index contributed by atoms with van der Waals surface area (Å²) in [7, 11) is 0. The summed E-state index contributed by atoms with van der Waals surface area (Å²) < 4.78 is 5.86. The van der Waals surface area contributed by atoms with Gasteiger partial charge in [0.2, 0.25) is 5.91 Å². The minimum atomic E-state index is -0.808. The van der Waals surface area contributed by atoms with E-state index in [0.717, 1.165) is 64.2 Å². The fourth-order valence-electron chi connectivity index (χ4n) is 6.63. The SMILES string of the molecule is CC/C=C/C=C/C=C\C=C/C=C/CCCC(CC(=O)NC(CO)C(O)CCCCCCCCCCCCCC)OC(=O)CCCCCCC/C=C\CCCCC. The molecule has 0 spiro atoms. The Morgan fingerprint density at radius 3 is 1.57 bits per heavy atom. The summed E-state index contributed by atoms with van der Waals surface area (Å²) in [5, 5.41) is 23.6. The normalized spacial score (nSPS) is 14.0. The fraction of sp³-hybridized carbons (Fsp3) is 0.720. The average molecular weight is 782 g/mol. The van der Waals surface area contributed by atoms with Crippen molar-refractivity contribution in [2.24, 2.45) is 0 Å². The van der Waals surface area contributed by atoms with Crippen LogP contribution in [-0.4, -0.2) is 46.9 Å². The lowest BCUT2D eigenvalue weighted by atomic mass is 10.0. The summed E-state index contributed by atoms with van der Waals surface area (Å²) in [4.78, 5) is 26.0. The maximum absolute atomic E-state index is 13.1. The van der Waals surface area contributed by atoms with E-state index in [4.69, 9.17) is 4.74 Å². The zero-order chi connectivity index (χ0) is 41.0. The molecule has 3 unspecified atom stereocenters.